The molecule has 1 spiro atoms. The van der Waals surface area contributed by atoms with E-state index in [0.29, 0.717) is 11.4 Å². The third-order valence-corrected chi connectivity index (χ3v) is 6.49. The van der Waals surface area contributed by atoms with Crippen molar-refractivity contribution in [3.05, 3.63) is 24.3 Å². The number of para-hydroxylation sites is 1. The highest BCUT2D eigenvalue weighted by Gasteiger charge is 2.49. The van der Waals surface area contributed by atoms with E-state index in [4.69, 9.17) is 0 Å². The summed E-state index contributed by atoms with van der Waals surface area (Å²) in [5.74, 6) is 0. The first kappa shape index (κ1) is 10.1. The monoisotopic (exact) mass is 237 g/mol. The van der Waals surface area contributed by atoms with Crippen molar-refractivity contribution >= 4 is 15.5 Å². The Morgan fingerprint density at radius 2 is 1.81 bits per heavy atom. The standard InChI is InChI=1S/C12H15NO2S/c14-16(15)11-6-2-1-5-10(11)13-9-12(16)7-3-4-8-12/h1-2,5-6,13H,3-4,7-9H2. The molecule has 86 valence electrons. The average Bonchev–Trinajstić information content (AvgIpc) is 2.75. The van der Waals surface area contributed by atoms with Crippen molar-refractivity contribution in [2.75, 3.05) is 11.9 Å². The van der Waals surface area contributed by atoms with Crippen molar-refractivity contribution in [2.24, 2.45) is 0 Å². The molecule has 0 atom stereocenters. The quantitative estimate of drug-likeness (QED) is 0.752. The predicted octanol–water partition coefficient (Wildman–Crippen LogP) is 2.20. The lowest BCUT2D eigenvalue weighted by molar-refractivity contribution is 0.516. The Hall–Kier alpha value is -1.03. The largest absolute Gasteiger partial charge is 0.382 e. The lowest BCUT2D eigenvalue weighted by atomic mass is 10.1. The van der Waals surface area contributed by atoms with Crippen molar-refractivity contribution in [3.63, 3.8) is 0 Å². The zero-order chi connectivity index (χ0) is 11.2. The van der Waals surface area contributed by atoms with E-state index in [2.05, 4.69) is 5.32 Å². The molecule has 1 fully saturated rings. The second kappa shape index (κ2) is 3.23. The molecule has 0 bridgehead atoms. The molecule has 2 aliphatic rings. The van der Waals surface area contributed by atoms with Gasteiger partial charge in [-0.3, -0.25) is 0 Å². The molecule has 0 amide bonds. The van der Waals surface area contributed by atoms with Crippen LogP contribution < -0.4 is 5.32 Å². The number of fused-ring (bicyclic) bond motifs is 1. The van der Waals surface area contributed by atoms with Crippen LogP contribution in [0.4, 0.5) is 5.69 Å². The Bertz CT molecular complexity index is 516. The van der Waals surface area contributed by atoms with Gasteiger partial charge in [-0.15, -0.1) is 0 Å². The maximum absolute atomic E-state index is 12.6. The molecule has 1 saturated carbocycles. The normalized spacial score (nSPS) is 25.0. The number of hydrogen-bond donors (Lipinski definition) is 1. The van der Waals surface area contributed by atoms with Gasteiger partial charge in [-0.25, -0.2) is 8.42 Å². The number of hydrogen-bond acceptors (Lipinski definition) is 3. The molecule has 1 heterocycles. The van der Waals surface area contributed by atoms with E-state index in [9.17, 15) is 8.42 Å². The van der Waals surface area contributed by atoms with Crippen molar-refractivity contribution in [1.29, 1.82) is 0 Å². The molecule has 1 N–H and O–H groups in total. The molecule has 0 saturated heterocycles. The second-order valence-electron chi connectivity index (χ2n) is 4.74. The van der Waals surface area contributed by atoms with Crippen molar-refractivity contribution < 1.29 is 8.42 Å². The highest BCUT2D eigenvalue weighted by molar-refractivity contribution is 7.93. The van der Waals surface area contributed by atoms with Crippen molar-refractivity contribution in [3.8, 4) is 0 Å². The van der Waals surface area contributed by atoms with Gasteiger partial charge in [0.25, 0.3) is 0 Å². The predicted molar refractivity (Wildman–Crippen MR) is 63.3 cm³/mol. The highest BCUT2D eigenvalue weighted by atomic mass is 32.2. The van der Waals surface area contributed by atoms with Crippen LogP contribution in [0.15, 0.2) is 29.2 Å². The van der Waals surface area contributed by atoms with Crippen molar-refractivity contribution in [1.82, 2.24) is 0 Å². The summed E-state index contributed by atoms with van der Waals surface area (Å²) in [6.07, 6.45) is 3.67. The lowest BCUT2D eigenvalue weighted by Crippen LogP contribution is -2.45. The summed E-state index contributed by atoms with van der Waals surface area (Å²) in [4.78, 5) is 0.489. The lowest BCUT2D eigenvalue weighted by Gasteiger charge is -2.34. The van der Waals surface area contributed by atoms with Gasteiger partial charge in [0.05, 0.1) is 15.3 Å². The Morgan fingerprint density at radius 3 is 2.56 bits per heavy atom. The minimum absolute atomic E-state index is 0.489. The van der Waals surface area contributed by atoms with Gasteiger partial charge in [0.2, 0.25) is 0 Å². The zero-order valence-corrected chi connectivity index (χ0v) is 9.89. The summed E-state index contributed by atoms with van der Waals surface area (Å²) in [5.41, 5.74) is 0.764. The van der Waals surface area contributed by atoms with Gasteiger partial charge < -0.3 is 5.32 Å². The number of sulfone groups is 1. The zero-order valence-electron chi connectivity index (χ0n) is 9.07. The first-order valence-electron chi connectivity index (χ1n) is 5.73. The fourth-order valence-electron chi connectivity index (χ4n) is 2.90. The van der Waals surface area contributed by atoms with E-state index < -0.39 is 14.6 Å². The number of nitrogens with one attached hydrogen (secondary N) is 1. The summed E-state index contributed by atoms with van der Waals surface area (Å²) >= 11 is 0. The van der Waals surface area contributed by atoms with Crippen molar-refractivity contribution in [2.45, 2.75) is 35.3 Å². The van der Waals surface area contributed by atoms with E-state index in [1.807, 2.05) is 12.1 Å². The van der Waals surface area contributed by atoms with Gasteiger partial charge >= 0.3 is 0 Å². The van der Waals surface area contributed by atoms with Crippen LogP contribution in [-0.2, 0) is 9.84 Å². The molecule has 4 heteroatoms. The maximum atomic E-state index is 12.6. The molecule has 0 aromatic heterocycles. The van der Waals surface area contributed by atoms with E-state index in [1.54, 1.807) is 12.1 Å². The smallest absolute Gasteiger partial charge is 0.187 e. The summed E-state index contributed by atoms with van der Waals surface area (Å²) < 4.78 is 24.7. The van der Waals surface area contributed by atoms with Gasteiger partial charge in [0.1, 0.15) is 0 Å². The summed E-state index contributed by atoms with van der Waals surface area (Å²) in [7, 11) is -3.14. The molecule has 1 aliphatic carbocycles. The Kier molecular flexibility index (Phi) is 2.05. The Balaban J connectivity index is 2.19. The number of rotatable bonds is 0. The Morgan fingerprint density at radius 1 is 1.12 bits per heavy atom. The maximum Gasteiger partial charge on any atom is 0.187 e. The molecule has 1 aromatic carbocycles. The summed E-state index contributed by atoms with van der Waals surface area (Å²) in [6.45, 7) is 0.576. The second-order valence-corrected chi connectivity index (χ2v) is 7.06. The molecule has 1 aliphatic heterocycles. The van der Waals surface area contributed by atoms with E-state index >= 15 is 0 Å². The Labute approximate surface area is 95.8 Å². The molecular formula is C12H15NO2S. The third kappa shape index (κ3) is 1.16. The van der Waals surface area contributed by atoms with Crippen LogP contribution in [0.1, 0.15) is 25.7 Å². The van der Waals surface area contributed by atoms with Crippen LogP contribution in [0.25, 0.3) is 0 Å². The van der Waals surface area contributed by atoms with Crippen LogP contribution in [0.5, 0.6) is 0 Å². The summed E-state index contributed by atoms with van der Waals surface area (Å²) in [5, 5.41) is 3.27. The average molecular weight is 237 g/mol. The van der Waals surface area contributed by atoms with Gasteiger partial charge in [-0.2, -0.15) is 0 Å². The minimum Gasteiger partial charge on any atom is -0.382 e. The van der Waals surface area contributed by atoms with Crippen LogP contribution in [0.2, 0.25) is 0 Å². The van der Waals surface area contributed by atoms with E-state index in [1.165, 1.54) is 0 Å². The van der Waals surface area contributed by atoms with Gasteiger partial charge in [-0.1, -0.05) is 25.0 Å². The van der Waals surface area contributed by atoms with E-state index in [-0.39, 0.29) is 0 Å². The number of anilines is 1. The fraction of sp³-hybridized carbons (Fsp3) is 0.500. The molecule has 3 rings (SSSR count). The first-order chi connectivity index (χ1) is 7.66. The van der Waals surface area contributed by atoms with E-state index in [0.717, 1.165) is 31.4 Å². The number of benzene rings is 1. The van der Waals surface area contributed by atoms with Gasteiger partial charge in [-0.05, 0) is 25.0 Å². The molecule has 3 nitrogen and oxygen atoms in total. The molecule has 0 radical (unpaired) electrons. The highest BCUT2D eigenvalue weighted by Crippen LogP contribution is 2.45. The topological polar surface area (TPSA) is 46.2 Å². The molecule has 1 aromatic rings. The SMILES string of the molecule is O=S1(=O)c2ccccc2NCC12CCCC2. The van der Waals surface area contributed by atoms with Crippen LogP contribution in [0.3, 0.4) is 0 Å². The molecule has 0 unspecified atom stereocenters. The molecular weight excluding hydrogens is 222 g/mol. The molecule has 16 heavy (non-hydrogen) atoms. The fourth-order valence-corrected chi connectivity index (χ4v) is 5.14. The minimum atomic E-state index is -3.14. The van der Waals surface area contributed by atoms with Gasteiger partial charge in [0.15, 0.2) is 9.84 Å². The van der Waals surface area contributed by atoms with Gasteiger partial charge in [0, 0.05) is 6.54 Å². The van der Waals surface area contributed by atoms with Crippen LogP contribution in [0, 0.1) is 0 Å². The summed E-state index contributed by atoms with van der Waals surface area (Å²) in [6, 6.07) is 7.23. The third-order valence-electron chi connectivity index (χ3n) is 3.86. The van der Waals surface area contributed by atoms with Crippen LogP contribution >= 0.6 is 0 Å². The first-order valence-corrected chi connectivity index (χ1v) is 7.22. The van der Waals surface area contributed by atoms with Crippen LogP contribution in [-0.4, -0.2) is 19.7 Å².